The second-order valence-corrected chi connectivity index (χ2v) is 12.5. The predicted molar refractivity (Wildman–Crippen MR) is 141 cm³/mol. The molecule has 1 heterocycles. The number of esters is 1. The third kappa shape index (κ3) is 5.17. The molecule has 4 rings (SSSR count). The molecule has 1 saturated carbocycles. The van der Waals surface area contributed by atoms with Crippen molar-refractivity contribution in [2.45, 2.75) is 118 Å². The topological polar surface area (TPSA) is 44.8 Å². The first-order valence-corrected chi connectivity index (χ1v) is 14.6. The smallest absolute Gasteiger partial charge is 0.312 e. The molecule has 1 saturated heterocycles. The van der Waals surface area contributed by atoms with Gasteiger partial charge >= 0.3 is 5.97 Å². The molecule has 0 bridgehead atoms. The van der Waals surface area contributed by atoms with Gasteiger partial charge in [0.15, 0.2) is 6.29 Å². The molecule has 0 amide bonds. The van der Waals surface area contributed by atoms with E-state index in [0.717, 1.165) is 32.1 Å². The van der Waals surface area contributed by atoms with E-state index in [1.54, 1.807) is 5.57 Å². The molecule has 4 heteroatoms. The summed E-state index contributed by atoms with van der Waals surface area (Å²) in [6.07, 6.45) is 15.7. The first kappa shape index (κ1) is 26.9. The van der Waals surface area contributed by atoms with Crippen molar-refractivity contribution in [3.8, 4) is 0 Å². The summed E-state index contributed by atoms with van der Waals surface area (Å²) in [5.74, 6) is 2.14. The zero-order valence-corrected chi connectivity index (χ0v) is 23.2. The fourth-order valence-electron chi connectivity index (χ4n) is 7.48. The first-order chi connectivity index (χ1) is 16.7. The monoisotopic (exact) mass is 486 g/mol. The number of ether oxygens (including phenoxy) is 3. The Morgan fingerprint density at radius 3 is 2.57 bits per heavy atom. The number of carbonyl (C=O) groups is 1. The van der Waals surface area contributed by atoms with Crippen LogP contribution in [0.25, 0.3) is 0 Å². The molecule has 4 nitrogen and oxygen atoms in total. The van der Waals surface area contributed by atoms with Crippen molar-refractivity contribution in [1.82, 2.24) is 0 Å². The van der Waals surface area contributed by atoms with Crippen molar-refractivity contribution in [1.29, 1.82) is 0 Å². The number of hydrogen-bond acceptors (Lipinski definition) is 4. The van der Waals surface area contributed by atoms with E-state index in [4.69, 9.17) is 14.2 Å². The maximum atomic E-state index is 13.8. The Morgan fingerprint density at radius 1 is 1.17 bits per heavy atom. The van der Waals surface area contributed by atoms with Gasteiger partial charge in [-0.2, -0.15) is 0 Å². The highest BCUT2D eigenvalue weighted by Crippen LogP contribution is 2.63. The number of hydrogen-bond donors (Lipinski definition) is 0. The van der Waals surface area contributed by atoms with E-state index in [1.807, 2.05) is 0 Å². The molecule has 0 N–H and O–H groups in total. The van der Waals surface area contributed by atoms with E-state index in [2.05, 4.69) is 53.7 Å². The lowest BCUT2D eigenvalue weighted by atomic mass is 9.46. The van der Waals surface area contributed by atoms with Gasteiger partial charge < -0.3 is 14.2 Å². The average molecular weight is 487 g/mol. The second-order valence-electron chi connectivity index (χ2n) is 12.5. The average Bonchev–Trinajstić information content (AvgIpc) is 2.85. The van der Waals surface area contributed by atoms with Crippen LogP contribution in [-0.2, 0) is 19.0 Å². The Balaban J connectivity index is 1.42. The first-order valence-electron chi connectivity index (χ1n) is 14.6. The predicted octanol–water partition coefficient (Wildman–Crippen LogP) is 7.62. The van der Waals surface area contributed by atoms with Crippen LogP contribution < -0.4 is 0 Å². The van der Waals surface area contributed by atoms with Crippen molar-refractivity contribution in [2.75, 3.05) is 13.2 Å². The Labute approximate surface area is 214 Å². The zero-order chi connectivity index (χ0) is 25.2. The van der Waals surface area contributed by atoms with Gasteiger partial charge in [0.1, 0.15) is 6.10 Å². The van der Waals surface area contributed by atoms with Gasteiger partial charge in [-0.1, -0.05) is 71.6 Å². The van der Waals surface area contributed by atoms with Crippen molar-refractivity contribution in [2.24, 2.45) is 34.5 Å². The number of carbonyl (C=O) groups excluding carboxylic acids is 1. The van der Waals surface area contributed by atoms with E-state index in [0.29, 0.717) is 36.9 Å². The summed E-state index contributed by atoms with van der Waals surface area (Å²) < 4.78 is 18.3. The minimum Gasteiger partial charge on any atom is -0.457 e. The van der Waals surface area contributed by atoms with Gasteiger partial charge in [0, 0.05) is 5.92 Å². The Morgan fingerprint density at radius 2 is 1.91 bits per heavy atom. The molecular weight excluding hydrogens is 436 g/mol. The summed E-state index contributed by atoms with van der Waals surface area (Å²) in [5, 5.41) is 0. The van der Waals surface area contributed by atoms with Crippen LogP contribution in [0.2, 0.25) is 0 Å². The van der Waals surface area contributed by atoms with Gasteiger partial charge in [0.05, 0.1) is 18.6 Å². The van der Waals surface area contributed by atoms with E-state index >= 15 is 0 Å². The van der Waals surface area contributed by atoms with Crippen LogP contribution in [0, 0.1) is 34.5 Å². The summed E-state index contributed by atoms with van der Waals surface area (Å²) in [7, 11) is 0. The highest BCUT2D eigenvalue weighted by molar-refractivity contribution is 5.78. The lowest BCUT2D eigenvalue weighted by molar-refractivity contribution is -0.250. The van der Waals surface area contributed by atoms with Crippen LogP contribution in [0.4, 0.5) is 0 Å². The second kappa shape index (κ2) is 11.1. The van der Waals surface area contributed by atoms with Gasteiger partial charge in [-0.15, -0.1) is 0 Å². The molecule has 5 atom stereocenters. The third-order valence-electron chi connectivity index (χ3n) is 10.2. The lowest BCUT2D eigenvalue weighted by Crippen LogP contribution is -2.56. The summed E-state index contributed by atoms with van der Waals surface area (Å²) in [6.45, 7) is 14.5. The van der Waals surface area contributed by atoms with Crippen LogP contribution in [0.1, 0.15) is 106 Å². The molecule has 0 aromatic rings. The normalized spacial score (nSPS) is 38.1. The molecule has 2 fully saturated rings. The van der Waals surface area contributed by atoms with Crippen molar-refractivity contribution < 1.29 is 19.0 Å². The highest BCUT2D eigenvalue weighted by Gasteiger charge is 2.59. The largest absolute Gasteiger partial charge is 0.457 e. The minimum atomic E-state index is -0.468. The van der Waals surface area contributed by atoms with Gasteiger partial charge in [0.2, 0.25) is 0 Å². The van der Waals surface area contributed by atoms with Crippen molar-refractivity contribution in [3.63, 3.8) is 0 Å². The fourth-order valence-corrected chi connectivity index (χ4v) is 7.48. The summed E-state index contributed by atoms with van der Waals surface area (Å²) >= 11 is 0. The maximum absolute atomic E-state index is 13.8. The SMILES string of the molecule is CCCCC(CC)C1OCC(OC(=O)[C@]2(C)CCC[C@H]3[C@H]4CCC(C(C)C)=CC4=CC[C@@]32C)CO1. The van der Waals surface area contributed by atoms with Crippen LogP contribution in [0.5, 0.6) is 0 Å². The number of rotatable bonds is 8. The van der Waals surface area contributed by atoms with Crippen molar-refractivity contribution in [3.05, 3.63) is 23.3 Å². The van der Waals surface area contributed by atoms with Gasteiger partial charge in [-0.25, -0.2) is 0 Å². The molecule has 0 aromatic heterocycles. The highest BCUT2D eigenvalue weighted by atomic mass is 16.7. The Kier molecular flexibility index (Phi) is 8.53. The molecule has 0 aromatic carbocycles. The molecular formula is C31H50O4. The van der Waals surface area contributed by atoms with Crippen LogP contribution >= 0.6 is 0 Å². The van der Waals surface area contributed by atoms with E-state index < -0.39 is 5.41 Å². The fraction of sp³-hybridized carbons (Fsp3) is 0.839. The number of allylic oxidation sites excluding steroid dienone is 4. The summed E-state index contributed by atoms with van der Waals surface area (Å²) in [6, 6.07) is 0. The van der Waals surface area contributed by atoms with Crippen LogP contribution in [-0.4, -0.2) is 31.6 Å². The Hall–Kier alpha value is -1.13. The standard InChI is InChI=1S/C31H50O4/c1-7-9-11-22(8-2)28-33-19-25(20-34-28)35-29(32)31(6)16-10-12-27-26-14-13-23(21(3)4)18-24(26)15-17-30(27,31)5/h15,18,21-22,25-28H,7-14,16-17,19-20H2,1-6H3/t22?,25?,26-,27-,28?,30-,31-/m0/s1. The molecule has 198 valence electrons. The third-order valence-corrected chi connectivity index (χ3v) is 10.2. The van der Waals surface area contributed by atoms with Crippen molar-refractivity contribution >= 4 is 5.97 Å². The molecule has 0 spiro atoms. The van der Waals surface area contributed by atoms with Crippen LogP contribution in [0.3, 0.4) is 0 Å². The minimum absolute atomic E-state index is 0.0376. The van der Waals surface area contributed by atoms with E-state index in [-0.39, 0.29) is 23.8 Å². The summed E-state index contributed by atoms with van der Waals surface area (Å²) in [5.41, 5.74) is 2.59. The lowest BCUT2D eigenvalue weighted by Gasteiger charge is -2.58. The number of fused-ring (bicyclic) bond motifs is 3. The van der Waals surface area contributed by atoms with Gasteiger partial charge in [-0.3, -0.25) is 4.79 Å². The molecule has 4 aliphatic rings. The molecule has 1 aliphatic heterocycles. The Bertz CT molecular complexity index is 805. The summed E-state index contributed by atoms with van der Waals surface area (Å²) in [4.78, 5) is 13.8. The van der Waals surface area contributed by atoms with Gasteiger partial charge in [-0.05, 0) is 80.6 Å². The van der Waals surface area contributed by atoms with Crippen LogP contribution in [0.15, 0.2) is 23.3 Å². The quantitative estimate of drug-likeness (QED) is 0.331. The molecule has 1 unspecified atom stereocenters. The molecule has 35 heavy (non-hydrogen) atoms. The molecule has 0 radical (unpaired) electrons. The molecule has 3 aliphatic carbocycles. The van der Waals surface area contributed by atoms with Gasteiger partial charge in [0.25, 0.3) is 0 Å². The van der Waals surface area contributed by atoms with E-state index in [1.165, 1.54) is 37.7 Å². The van der Waals surface area contributed by atoms with E-state index in [9.17, 15) is 4.79 Å². The maximum Gasteiger partial charge on any atom is 0.312 e. The zero-order valence-electron chi connectivity index (χ0n) is 23.2. The number of unbranched alkanes of at least 4 members (excludes halogenated alkanes) is 1.